The summed E-state index contributed by atoms with van der Waals surface area (Å²) < 4.78 is 4.23. The summed E-state index contributed by atoms with van der Waals surface area (Å²) in [6.45, 7) is 0.897. The van der Waals surface area contributed by atoms with Gasteiger partial charge in [-0.25, -0.2) is 0 Å². The second-order valence-corrected chi connectivity index (χ2v) is 4.73. The summed E-state index contributed by atoms with van der Waals surface area (Å²) in [5.41, 5.74) is 1.16. The number of nitrogens with one attached hydrogen (secondary N) is 2. The molecule has 0 atom stereocenters. The van der Waals surface area contributed by atoms with Gasteiger partial charge in [0.2, 0.25) is 0 Å². The number of thiocarbonyl (C=S) groups is 1. The van der Waals surface area contributed by atoms with Gasteiger partial charge in [-0.2, -0.15) is 16.1 Å². The predicted octanol–water partition coefficient (Wildman–Crippen LogP) is 1.47. The Morgan fingerprint density at radius 3 is 3.21 bits per heavy atom. The Hall–Kier alpha value is -0.330. The van der Waals surface area contributed by atoms with Crippen LogP contribution in [0.25, 0.3) is 0 Å². The van der Waals surface area contributed by atoms with E-state index in [0.717, 1.165) is 23.7 Å². The highest BCUT2D eigenvalue weighted by Gasteiger charge is 1.95. The molecule has 0 amide bonds. The van der Waals surface area contributed by atoms with Gasteiger partial charge < -0.3 is 10.6 Å². The molecule has 6 heteroatoms. The van der Waals surface area contributed by atoms with Gasteiger partial charge in [-0.3, -0.25) is 0 Å². The minimum Gasteiger partial charge on any atom is -0.366 e. The summed E-state index contributed by atoms with van der Waals surface area (Å²) in [7, 11) is 1.82. The van der Waals surface area contributed by atoms with E-state index in [2.05, 4.69) is 21.1 Å². The summed E-state index contributed by atoms with van der Waals surface area (Å²) in [6.07, 6.45) is 0. The maximum atomic E-state index is 4.94. The third-order valence-electron chi connectivity index (χ3n) is 1.50. The number of thioether (sulfide) groups is 1. The number of hydrogen-bond donors (Lipinski definition) is 2. The first kappa shape index (κ1) is 11.7. The number of rotatable bonds is 5. The van der Waals surface area contributed by atoms with Crippen molar-refractivity contribution in [2.45, 2.75) is 5.75 Å². The smallest absolute Gasteiger partial charge is 0.166 e. The lowest BCUT2D eigenvalue weighted by molar-refractivity contribution is 0.942. The van der Waals surface area contributed by atoms with Crippen molar-refractivity contribution >= 4 is 40.6 Å². The molecule has 0 fully saturated rings. The molecule has 0 aromatic carbocycles. The predicted molar refractivity (Wildman–Crippen MR) is 67.9 cm³/mol. The lowest BCUT2D eigenvalue weighted by atomic mass is 10.5. The zero-order chi connectivity index (χ0) is 10.2. The Bertz CT molecular complexity index is 261. The first-order valence-corrected chi connectivity index (χ1v) is 6.65. The van der Waals surface area contributed by atoms with Crippen LogP contribution in [0.2, 0.25) is 0 Å². The van der Waals surface area contributed by atoms with Gasteiger partial charge in [-0.1, -0.05) is 0 Å². The zero-order valence-electron chi connectivity index (χ0n) is 7.95. The van der Waals surface area contributed by atoms with Crippen LogP contribution in [0.3, 0.4) is 0 Å². The minimum absolute atomic E-state index is 0.708. The molecule has 0 aliphatic heterocycles. The van der Waals surface area contributed by atoms with Crippen LogP contribution >= 0.6 is 35.5 Å². The molecule has 0 spiro atoms. The van der Waals surface area contributed by atoms with Crippen LogP contribution in [0, 0.1) is 0 Å². The normalized spacial score (nSPS) is 9.79. The lowest BCUT2D eigenvalue weighted by Gasteiger charge is -2.05. The molecule has 0 saturated carbocycles. The summed E-state index contributed by atoms with van der Waals surface area (Å²) in [5, 5.41) is 8.68. The first-order chi connectivity index (χ1) is 6.83. The van der Waals surface area contributed by atoms with E-state index in [0.29, 0.717) is 5.11 Å². The Morgan fingerprint density at radius 2 is 2.57 bits per heavy atom. The Kier molecular flexibility index (Phi) is 5.89. The van der Waals surface area contributed by atoms with E-state index in [9.17, 15) is 0 Å². The van der Waals surface area contributed by atoms with Crippen molar-refractivity contribution in [3.63, 3.8) is 0 Å². The van der Waals surface area contributed by atoms with E-state index < -0.39 is 0 Å². The molecule has 0 aliphatic carbocycles. The van der Waals surface area contributed by atoms with Gasteiger partial charge in [0.1, 0.15) is 0 Å². The highest BCUT2D eigenvalue weighted by atomic mass is 32.2. The average molecular weight is 247 g/mol. The fourth-order valence-corrected chi connectivity index (χ4v) is 2.30. The first-order valence-electron chi connectivity index (χ1n) is 4.25. The second kappa shape index (κ2) is 7.03. The molecule has 1 heterocycles. The topological polar surface area (TPSA) is 37.0 Å². The molecule has 0 unspecified atom stereocenters. The molecule has 1 aromatic rings. The van der Waals surface area contributed by atoms with Gasteiger partial charge in [0.05, 0.1) is 5.69 Å². The van der Waals surface area contributed by atoms with E-state index in [1.165, 1.54) is 11.5 Å². The van der Waals surface area contributed by atoms with Crippen LogP contribution in [0.15, 0.2) is 11.4 Å². The van der Waals surface area contributed by atoms with Crippen LogP contribution in [0.1, 0.15) is 5.69 Å². The maximum absolute atomic E-state index is 4.94. The van der Waals surface area contributed by atoms with E-state index in [1.807, 2.05) is 24.2 Å². The lowest BCUT2D eigenvalue weighted by Crippen LogP contribution is -2.33. The van der Waals surface area contributed by atoms with Crippen molar-refractivity contribution in [1.82, 2.24) is 15.0 Å². The van der Waals surface area contributed by atoms with E-state index in [-0.39, 0.29) is 0 Å². The summed E-state index contributed by atoms with van der Waals surface area (Å²) in [6, 6.07) is 2.06. The van der Waals surface area contributed by atoms with Gasteiger partial charge in [0.15, 0.2) is 5.11 Å². The van der Waals surface area contributed by atoms with Gasteiger partial charge in [0.25, 0.3) is 0 Å². The van der Waals surface area contributed by atoms with Crippen molar-refractivity contribution in [3.8, 4) is 0 Å². The van der Waals surface area contributed by atoms with Crippen LogP contribution in [0.5, 0.6) is 0 Å². The Labute approximate surface area is 97.8 Å². The van der Waals surface area contributed by atoms with Gasteiger partial charge >= 0.3 is 0 Å². The molecule has 0 radical (unpaired) electrons. The Balaban J connectivity index is 1.97. The molecular weight excluding hydrogens is 234 g/mol. The standard InChI is InChI=1S/C8H13N3S3/c1-9-8(12)10-3-5-13-6-7-2-4-14-11-7/h2,4H,3,5-6H2,1H3,(H2,9,10,12). The number of hydrogen-bond acceptors (Lipinski definition) is 4. The van der Waals surface area contributed by atoms with Crippen molar-refractivity contribution in [1.29, 1.82) is 0 Å². The van der Waals surface area contributed by atoms with Crippen molar-refractivity contribution in [3.05, 3.63) is 17.1 Å². The molecule has 0 bridgehead atoms. The van der Waals surface area contributed by atoms with Crippen LogP contribution in [-0.2, 0) is 5.75 Å². The fraction of sp³-hybridized carbons (Fsp3) is 0.500. The highest BCUT2D eigenvalue weighted by Crippen LogP contribution is 2.10. The highest BCUT2D eigenvalue weighted by molar-refractivity contribution is 7.98. The molecule has 78 valence electrons. The SMILES string of the molecule is CNC(=S)NCCSCc1ccsn1. The van der Waals surface area contributed by atoms with Crippen molar-refractivity contribution in [2.75, 3.05) is 19.3 Å². The summed E-state index contributed by atoms with van der Waals surface area (Å²) in [4.78, 5) is 0. The minimum atomic E-state index is 0.708. The van der Waals surface area contributed by atoms with E-state index in [4.69, 9.17) is 12.2 Å². The summed E-state index contributed by atoms with van der Waals surface area (Å²) >= 11 is 8.30. The molecule has 0 aliphatic rings. The van der Waals surface area contributed by atoms with Crippen molar-refractivity contribution in [2.24, 2.45) is 0 Å². The maximum Gasteiger partial charge on any atom is 0.166 e. The Morgan fingerprint density at radius 1 is 1.71 bits per heavy atom. The van der Waals surface area contributed by atoms with Crippen molar-refractivity contribution < 1.29 is 0 Å². The fourth-order valence-electron chi connectivity index (χ4n) is 0.814. The third kappa shape index (κ3) is 4.78. The van der Waals surface area contributed by atoms with Gasteiger partial charge in [-0.05, 0) is 29.8 Å². The van der Waals surface area contributed by atoms with Gasteiger partial charge in [0, 0.05) is 30.5 Å². The zero-order valence-corrected chi connectivity index (χ0v) is 10.4. The molecule has 1 aromatic heterocycles. The molecule has 0 saturated heterocycles. The molecule has 14 heavy (non-hydrogen) atoms. The summed E-state index contributed by atoms with van der Waals surface area (Å²) in [5.74, 6) is 2.02. The quantitative estimate of drug-likeness (QED) is 0.609. The van der Waals surface area contributed by atoms with Gasteiger partial charge in [-0.15, -0.1) is 0 Å². The van der Waals surface area contributed by atoms with E-state index in [1.54, 1.807) is 0 Å². The van der Waals surface area contributed by atoms with Crippen LogP contribution in [-0.4, -0.2) is 28.8 Å². The molecule has 1 rings (SSSR count). The largest absolute Gasteiger partial charge is 0.366 e. The second-order valence-electron chi connectivity index (χ2n) is 2.55. The number of nitrogens with zero attached hydrogens (tertiary/aromatic N) is 1. The molecular formula is C8H13N3S3. The monoisotopic (exact) mass is 247 g/mol. The van der Waals surface area contributed by atoms with Crippen LogP contribution < -0.4 is 10.6 Å². The average Bonchev–Trinajstić information content (AvgIpc) is 2.69. The van der Waals surface area contributed by atoms with Crippen LogP contribution in [0.4, 0.5) is 0 Å². The third-order valence-corrected chi connectivity index (χ3v) is 3.44. The molecule has 2 N–H and O–H groups in total. The van der Waals surface area contributed by atoms with E-state index >= 15 is 0 Å². The number of aromatic nitrogens is 1. The molecule has 3 nitrogen and oxygen atoms in total.